The van der Waals surface area contributed by atoms with Gasteiger partial charge < -0.3 is 15.2 Å². The van der Waals surface area contributed by atoms with E-state index in [1.54, 1.807) is 12.1 Å². The molecule has 1 amide bonds. The van der Waals surface area contributed by atoms with Crippen LogP contribution in [0.3, 0.4) is 0 Å². The van der Waals surface area contributed by atoms with Gasteiger partial charge in [-0.3, -0.25) is 9.59 Å². The lowest BCUT2D eigenvalue weighted by Gasteiger charge is -2.24. The van der Waals surface area contributed by atoms with E-state index in [2.05, 4.69) is 11.4 Å². The van der Waals surface area contributed by atoms with Crippen LogP contribution in [0.25, 0.3) is 0 Å². The molecule has 4 atom stereocenters. The number of hydrogen-bond acceptors (Lipinski definition) is 3. The number of carboxylic acid groups (broad SMARTS) is 1. The van der Waals surface area contributed by atoms with Gasteiger partial charge in [0.05, 0.1) is 24.1 Å². The third-order valence-electron chi connectivity index (χ3n) is 5.87. The summed E-state index contributed by atoms with van der Waals surface area (Å²) in [5.41, 5.74) is 0.634. The molecule has 5 heteroatoms. The number of nitrogens with one attached hydrogen (secondary N) is 1. The second-order valence-corrected chi connectivity index (χ2v) is 6.98. The summed E-state index contributed by atoms with van der Waals surface area (Å²) in [7, 11) is 0. The molecule has 0 saturated heterocycles. The van der Waals surface area contributed by atoms with Gasteiger partial charge in [-0.15, -0.1) is 0 Å². The summed E-state index contributed by atoms with van der Waals surface area (Å²) in [5.74, 6) is -1.55. The van der Waals surface area contributed by atoms with Gasteiger partial charge in [0.25, 0.3) is 0 Å². The number of allylic oxidation sites excluding steroid dienone is 2. The second kappa shape index (κ2) is 5.36. The summed E-state index contributed by atoms with van der Waals surface area (Å²) in [6.45, 7) is 2.39. The van der Waals surface area contributed by atoms with Gasteiger partial charge in [0.2, 0.25) is 5.91 Å². The largest absolute Gasteiger partial charge is 0.492 e. The summed E-state index contributed by atoms with van der Waals surface area (Å²) in [6.07, 6.45) is 6.14. The van der Waals surface area contributed by atoms with Gasteiger partial charge >= 0.3 is 5.97 Å². The number of benzene rings is 1. The van der Waals surface area contributed by atoms with Crippen LogP contribution in [0.5, 0.6) is 5.75 Å². The highest BCUT2D eigenvalue weighted by atomic mass is 16.5. The van der Waals surface area contributed by atoms with Crippen molar-refractivity contribution in [1.82, 2.24) is 0 Å². The van der Waals surface area contributed by atoms with Crippen LogP contribution in [0.4, 0.5) is 5.69 Å². The molecule has 4 rings (SSSR count). The zero-order valence-corrected chi connectivity index (χ0v) is 13.6. The lowest BCUT2D eigenvalue weighted by Crippen LogP contribution is -2.36. The average Bonchev–Trinajstić information content (AvgIpc) is 3.22. The Labute approximate surface area is 140 Å². The highest BCUT2D eigenvalue weighted by molar-refractivity contribution is 5.97. The number of carbonyl (C=O) groups excluding carboxylic acids is 1. The Kier molecular flexibility index (Phi) is 3.41. The molecule has 0 unspecified atom stereocenters. The van der Waals surface area contributed by atoms with E-state index in [9.17, 15) is 14.7 Å². The van der Waals surface area contributed by atoms with Gasteiger partial charge in [0.15, 0.2) is 0 Å². The van der Waals surface area contributed by atoms with E-state index in [4.69, 9.17) is 4.74 Å². The van der Waals surface area contributed by atoms with Gasteiger partial charge in [0, 0.05) is 0 Å². The molecule has 1 spiro atoms. The smallest absolute Gasteiger partial charge is 0.307 e. The van der Waals surface area contributed by atoms with Gasteiger partial charge in [-0.1, -0.05) is 24.3 Å². The maximum atomic E-state index is 12.9. The van der Waals surface area contributed by atoms with Gasteiger partial charge in [0.1, 0.15) is 5.75 Å². The third-order valence-corrected chi connectivity index (χ3v) is 5.87. The Hall–Kier alpha value is -2.30. The van der Waals surface area contributed by atoms with Crippen LogP contribution in [0.1, 0.15) is 19.8 Å². The van der Waals surface area contributed by atoms with Crippen molar-refractivity contribution in [2.24, 2.45) is 29.1 Å². The number of ether oxygens (including phenoxy) is 1. The summed E-state index contributed by atoms with van der Waals surface area (Å²) in [4.78, 5) is 24.7. The first kappa shape index (κ1) is 15.2. The predicted molar refractivity (Wildman–Crippen MR) is 88.6 cm³/mol. The van der Waals surface area contributed by atoms with E-state index in [1.165, 1.54) is 0 Å². The number of anilines is 1. The highest BCUT2D eigenvalue weighted by Crippen LogP contribution is 2.72. The second-order valence-electron chi connectivity index (χ2n) is 6.98. The van der Waals surface area contributed by atoms with Crippen LogP contribution >= 0.6 is 0 Å². The number of rotatable bonds is 5. The Balaban J connectivity index is 1.61. The zero-order chi connectivity index (χ0) is 16.9. The molecule has 2 N–H and O–H groups in total. The van der Waals surface area contributed by atoms with Crippen LogP contribution in [-0.2, 0) is 9.59 Å². The van der Waals surface area contributed by atoms with E-state index in [1.807, 2.05) is 25.1 Å². The highest BCUT2D eigenvalue weighted by Gasteiger charge is 2.70. The number of carboxylic acids is 1. The molecule has 3 aliphatic carbocycles. The third kappa shape index (κ3) is 2.07. The molecule has 0 heterocycles. The van der Waals surface area contributed by atoms with E-state index in [-0.39, 0.29) is 23.2 Å². The minimum atomic E-state index is -0.864. The topological polar surface area (TPSA) is 75.6 Å². The normalized spacial score (nSPS) is 31.2. The Bertz CT molecular complexity index is 722. The Morgan fingerprint density at radius 1 is 1.21 bits per heavy atom. The van der Waals surface area contributed by atoms with Gasteiger partial charge in [-0.2, -0.15) is 0 Å². The molecular formula is C19H21NO4. The first-order valence-electron chi connectivity index (χ1n) is 8.52. The van der Waals surface area contributed by atoms with Crippen molar-refractivity contribution in [2.75, 3.05) is 11.9 Å². The molecule has 2 saturated carbocycles. The average molecular weight is 327 g/mol. The lowest BCUT2D eigenvalue weighted by atomic mass is 9.82. The predicted octanol–water partition coefficient (Wildman–Crippen LogP) is 2.94. The quantitative estimate of drug-likeness (QED) is 0.815. The Morgan fingerprint density at radius 2 is 1.88 bits per heavy atom. The van der Waals surface area contributed by atoms with Crippen LogP contribution in [0, 0.1) is 29.1 Å². The van der Waals surface area contributed by atoms with Crippen molar-refractivity contribution in [1.29, 1.82) is 0 Å². The fourth-order valence-corrected chi connectivity index (χ4v) is 4.76. The molecule has 2 fully saturated rings. The number of aliphatic carboxylic acids is 1. The van der Waals surface area contributed by atoms with E-state index < -0.39 is 17.8 Å². The first-order valence-corrected chi connectivity index (χ1v) is 8.52. The van der Waals surface area contributed by atoms with Crippen LogP contribution < -0.4 is 10.1 Å². The van der Waals surface area contributed by atoms with Crippen LogP contribution in [-0.4, -0.2) is 23.6 Å². The van der Waals surface area contributed by atoms with E-state index in [0.29, 0.717) is 18.0 Å². The van der Waals surface area contributed by atoms with Crippen molar-refractivity contribution in [3.63, 3.8) is 0 Å². The fourth-order valence-electron chi connectivity index (χ4n) is 4.76. The van der Waals surface area contributed by atoms with Crippen LogP contribution in [0.15, 0.2) is 36.4 Å². The fraction of sp³-hybridized carbons (Fsp3) is 0.474. The molecule has 2 bridgehead atoms. The standard InChI is InChI=1S/C19H21NO4/c1-2-24-14-6-4-3-5-13(14)20-17(21)15-11-7-8-12(16(15)18(22)23)19(11)9-10-19/h3-8,11-12,15-16H,2,9-10H2,1H3,(H,20,21)(H,22,23)/t11-,12-,15+,16+/m1/s1. The molecule has 1 aromatic carbocycles. The summed E-state index contributed by atoms with van der Waals surface area (Å²) >= 11 is 0. The van der Waals surface area contributed by atoms with Crippen molar-refractivity contribution in [2.45, 2.75) is 19.8 Å². The van der Waals surface area contributed by atoms with Gasteiger partial charge in [-0.05, 0) is 49.1 Å². The molecule has 0 radical (unpaired) electrons. The molecule has 126 valence electrons. The first-order chi connectivity index (χ1) is 11.6. The lowest BCUT2D eigenvalue weighted by molar-refractivity contribution is -0.146. The molecule has 0 aliphatic heterocycles. The zero-order valence-electron chi connectivity index (χ0n) is 13.6. The Morgan fingerprint density at radius 3 is 2.50 bits per heavy atom. The van der Waals surface area contributed by atoms with Crippen molar-refractivity contribution in [3.8, 4) is 5.75 Å². The summed E-state index contributed by atoms with van der Waals surface area (Å²) < 4.78 is 5.55. The van der Waals surface area contributed by atoms with Crippen molar-refractivity contribution < 1.29 is 19.4 Å². The van der Waals surface area contributed by atoms with E-state index >= 15 is 0 Å². The molecule has 5 nitrogen and oxygen atoms in total. The number of hydrogen-bond donors (Lipinski definition) is 2. The monoisotopic (exact) mass is 327 g/mol. The molecule has 24 heavy (non-hydrogen) atoms. The molecular weight excluding hydrogens is 306 g/mol. The SMILES string of the molecule is CCOc1ccccc1NC(=O)[C@@H]1[C@@H](C(=O)O)[C@H]2C=C[C@H]1C21CC1. The summed E-state index contributed by atoms with van der Waals surface area (Å²) in [6, 6.07) is 7.27. The molecule has 3 aliphatic rings. The number of carbonyl (C=O) groups is 2. The molecule has 0 aromatic heterocycles. The van der Waals surface area contributed by atoms with Gasteiger partial charge in [-0.25, -0.2) is 0 Å². The van der Waals surface area contributed by atoms with Crippen molar-refractivity contribution in [3.05, 3.63) is 36.4 Å². The maximum absolute atomic E-state index is 12.9. The summed E-state index contributed by atoms with van der Waals surface area (Å²) in [5, 5.41) is 12.6. The minimum Gasteiger partial charge on any atom is -0.492 e. The maximum Gasteiger partial charge on any atom is 0.307 e. The molecule has 1 aromatic rings. The van der Waals surface area contributed by atoms with E-state index in [0.717, 1.165) is 12.8 Å². The number of para-hydroxylation sites is 2. The van der Waals surface area contributed by atoms with Crippen molar-refractivity contribution >= 4 is 17.6 Å². The van der Waals surface area contributed by atoms with Crippen LogP contribution in [0.2, 0.25) is 0 Å². The minimum absolute atomic E-state index is 0.00196. The number of amides is 1.